The predicted octanol–water partition coefficient (Wildman–Crippen LogP) is 3.88. The molecule has 2 aromatic carbocycles. The fraction of sp³-hybridized carbons (Fsp3) is 0.250. The second-order valence-corrected chi connectivity index (χ2v) is 8.92. The van der Waals surface area contributed by atoms with Crippen LogP contribution in [0.2, 0.25) is 0 Å². The first-order valence-corrected chi connectivity index (χ1v) is 12.1. The molecule has 0 spiro atoms. The Labute approximate surface area is 215 Å². The number of anilines is 1. The molecular weight excluding hydrogens is 468 g/mol. The minimum Gasteiger partial charge on any atom is -0.480 e. The number of carboxylic acids is 1. The highest BCUT2D eigenvalue weighted by Crippen LogP contribution is 2.16. The molecule has 2 heterocycles. The van der Waals surface area contributed by atoms with Crippen LogP contribution in [0, 0.1) is 13.8 Å². The smallest absolute Gasteiger partial charge is 0.326 e. The second kappa shape index (κ2) is 11.5. The van der Waals surface area contributed by atoms with Gasteiger partial charge in [-0.05, 0) is 66.8 Å². The summed E-state index contributed by atoms with van der Waals surface area (Å²) >= 11 is 0. The van der Waals surface area contributed by atoms with Gasteiger partial charge in [-0.3, -0.25) is 4.79 Å². The lowest BCUT2D eigenvalue weighted by Gasteiger charge is -2.17. The zero-order valence-electron chi connectivity index (χ0n) is 21.1. The van der Waals surface area contributed by atoms with Gasteiger partial charge in [-0.1, -0.05) is 42.5 Å². The molecular formula is C28H30N6O3. The maximum atomic E-state index is 13.0. The van der Waals surface area contributed by atoms with E-state index in [9.17, 15) is 14.7 Å². The quantitative estimate of drug-likeness (QED) is 0.303. The van der Waals surface area contributed by atoms with E-state index >= 15 is 0 Å². The van der Waals surface area contributed by atoms with Crippen LogP contribution in [0.15, 0.2) is 67.0 Å². The van der Waals surface area contributed by atoms with Crippen LogP contribution in [-0.4, -0.2) is 43.0 Å². The summed E-state index contributed by atoms with van der Waals surface area (Å²) in [5.41, 5.74) is 5.70. The number of pyridine rings is 1. The summed E-state index contributed by atoms with van der Waals surface area (Å²) in [6.45, 7) is 6.31. The summed E-state index contributed by atoms with van der Waals surface area (Å²) in [7, 11) is 0. The number of benzene rings is 2. The van der Waals surface area contributed by atoms with Crippen LogP contribution in [0.5, 0.6) is 0 Å². The number of hydrogen-bond donors (Lipinski definition) is 3. The normalized spacial score (nSPS) is 11.6. The SMILES string of the molecule is CCc1cccc(C)c1C(=O)N[C@@H](Cc1ccc(-n2cc(CNc3cc(C)ccn3)nn2)cc1)C(=O)O. The first kappa shape index (κ1) is 25.6. The van der Waals surface area contributed by atoms with Gasteiger partial charge < -0.3 is 15.7 Å². The van der Waals surface area contributed by atoms with Gasteiger partial charge in [0.25, 0.3) is 5.91 Å². The van der Waals surface area contributed by atoms with Gasteiger partial charge in [-0.25, -0.2) is 14.5 Å². The fourth-order valence-corrected chi connectivity index (χ4v) is 4.12. The molecule has 0 aliphatic rings. The number of hydrogen-bond acceptors (Lipinski definition) is 6. The lowest BCUT2D eigenvalue weighted by Crippen LogP contribution is -2.42. The molecule has 2 aromatic heterocycles. The van der Waals surface area contributed by atoms with Gasteiger partial charge in [-0.15, -0.1) is 5.10 Å². The molecule has 1 amide bonds. The third kappa shape index (κ3) is 6.38. The van der Waals surface area contributed by atoms with Gasteiger partial charge in [0.05, 0.1) is 18.4 Å². The van der Waals surface area contributed by atoms with E-state index in [2.05, 4.69) is 25.9 Å². The largest absolute Gasteiger partial charge is 0.480 e. The molecule has 0 saturated heterocycles. The van der Waals surface area contributed by atoms with Crippen molar-refractivity contribution in [3.8, 4) is 5.69 Å². The Bertz CT molecular complexity index is 1400. The van der Waals surface area contributed by atoms with Crippen molar-refractivity contribution in [2.45, 2.75) is 46.2 Å². The van der Waals surface area contributed by atoms with Crippen molar-refractivity contribution in [2.24, 2.45) is 0 Å². The fourth-order valence-electron chi connectivity index (χ4n) is 4.12. The summed E-state index contributed by atoms with van der Waals surface area (Å²) in [6.07, 6.45) is 4.42. The number of aryl methyl sites for hydroxylation is 3. The third-order valence-electron chi connectivity index (χ3n) is 6.12. The van der Waals surface area contributed by atoms with Gasteiger partial charge in [0.15, 0.2) is 0 Å². The van der Waals surface area contributed by atoms with Crippen LogP contribution < -0.4 is 10.6 Å². The van der Waals surface area contributed by atoms with Gasteiger partial charge in [0.2, 0.25) is 0 Å². The van der Waals surface area contributed by atoms with Gasteiger partial charge in [0, 0.05) is 18.2 Å². The molecule has 190 valence electrons. The van der Waals surface area contributed by atoms with Crippen molar-refractivity contribution in [2.75, 3.05) is 5.32 Å². The van der Waals surface area contributed by atoms with Crippen LogP contribution in [0.1, 0.15) is 45.2 Å². The molecule has 9 heteroatoms. The van der Waals surface area contributed by atoms with Crippen molar-refractivity contribution >= 4 is 17.7 Å². The molecule has 1 atom stereocenters. The molecule has 37 heavy (non-hydrogen) atoms. The summed E-state index contributed by atoms with van der Waals surface area (Å²) in [5.74, 6) is -0.684. The van der Waals surface area contributed by atoms with E-state index in [0.717, 1.165) is 39.5 Å². The number of nitrogens with one attached hydrogen (secondary N) is 2. The van der Waals surface area contributed by atoms with E-state index in [0.29, 0.717) is 18.5 Å². The minimum atomic E-state index is -1.08. The number of carbonyl (C=O) groups excluding carboxylic acids is 1. The zero-order chi connectivity index (χ0) is 26.4. The molecule has 0 unspecified atom stereocenters. The Morgan fingerprint density at radius 3 is 2.57 bits per heavy atom. The number of carbonyl (C=O) groups is 2. The first-order chi connectivity index (χ1) is 17.8. The standard InChI is InChI=1S/C28H30N6O3/c1-4-21-7-5-6-19(3)26(21)27(35)31-24(28(36)37)15-20-8-10-23(11-9-20)34-17-22(32-33-34)16-30-25-14-18(2)12-13-29-25/h5-14,17,24H,4,15-16H2,1-3H3,(H,29,30)(H,31,35)(H,36,37)/t24-/m0/s1. The molecule has 4 aromatic rings. The van der Waals surface area contributed by atoms with Gasteiger partial charge in [0.1, 0.15) is 17.6 Å². The number of nitrogens with zero attached hydrogens (tertiary/aromatic N) is 4. The molecule has 0 aliphatic carbocycles. The predicted molar refractivity (Wildman–Crippen MR) is 141 cm³/mol. The number of aliphatic carboxylic acids is 1. The first-order valence-electron chi connectivity index (χ1n) is 12.1. The van der Waals surface area contributed by atoms with Crippen molar-refractivity contribution < 1.29 is 14.7 Å². The maximum absolute atomic E-state index is 13.0. The summed E-state index contributed by atoms with van der Waals surface area (Å²) in [6, 6.07) is 15.8. The number of amides is 1. The highest BCUT2D eigenvalue weighted by molar-refractivity contribution is 5.99. The Balaban J connectivity index is 1.40. The van der Waals surface area contributed by atoms with Crippen molar-refractivity contribution in [3.63, 3.8) is 0 Å². The molecule has 3 N–H and O–H groups in total. The van der Waals surface area contributed by atoms with E-state index in [-0.39, 0.29) is 12.3 Å². The van der Waals surface area contributed by atoms with E-state index < -0.39 is 12.0 Å². The number of carboxylic acid groups (broad SMARTS) is 1. The summed E-state index contributed by atoms with van der Waals surface area (Å²) < 4.78 is 1.66. The molecule has 0 saturated carbocycles. The molecule has 0 aliphatic heterocycles. The van der Waals surface area contributed by atoms with Gasteiger partial charge in [-0.2, -0.15) is 0 Å². The monoisotopic (exact) mass is 498 g/mol. The van der Waals surface area contributed by atoms with Crippen LogP contribution in [0.4, 0.5) is 5.82 Å². The summed E-state index contributed by atoms with van der Waals surface area (Å²) in [5, 5.41) is 24.1. The zero-order valence-corrected chi connectivity index (χ0v) is 21.1. The van der Waals surface area contributed by atoms with Gasteiger partial charge >= 0.3 is 5.97 Å². The van der Waals surface area contributed by atoms with E-state index in [1.54, 1.807) is 10.9 Å². The van der Waals surface area contributed by atoms with Crippen LogP contribution in [0.3, 0.4) is 0 Å². The number of aromatic nitrogens is 4. The Morgan fingerprint density at radius 1 is 1.08 bits per heavy atom. The molecule has 0 bridgehead atoms. The third-order valence-corrected chi connectivity index (χ3v) is 6.12. The van der Waals surface area contributed by atoms with E-state index in [1.165, 1.54) is 0 Å². The lowest BCUT2D eigenvalue weighted by atomic mass is 9.98. The Hall–Kier alpha value is -4.53. The topological polar surface area (TPSA) is 122 Å². The highest BCUT2D eigenvalue weighted by atomic mass is 16.4. The Morgan fingerprint density at radius 2 is 1.86 bits per heavy atom. The van der Waals surface area contributed by atoms with E-state index in [4.69, 9.17) is 0 Å². The molecule has 4 rings (SSSR count). The average Bonchev–Trinajstić information content (AvgIpc) is 3.36. The summed E-state index contributed by atoms with van der Waals surface area (Å²) in [4.78, 5) is 29.2. The molecule has 9 nitrogen and oxygen atoms in total. The minimum absolute atomic E-state index is 0.157. The highest BCUT2D eigenvalue weighted by Gasteiger charge is 2.23. The van der Waals surface area contributed by atoms with Crippen molar-refractivity contribution in [3.05, 3.63) is 101 Å². The van der Waals surface area contributed by atoms with Crippen LogP contribution >= 0.6 is 0 Å². The number of rotatable bonds is 10. The molecule has 0 fully saturated rings. The lowest BCUT2D eigenvalue weighted by molar-refractivity contribution is -0.139. The van der Waals surface area contributed by atoms with Crippen LogP contribution in [-0.2, 0) is 24.2 Å². The van der Waals surface area contributed by atoms with Crippen LogP contribution in [0.25, 0.3) is 5.69 Å². The Kier molecular flexibility index (Phi) is 7.92. The average molecular weight is 499 g/mol. The van der Waals surface area contributed by atoms with Crippen molar-refractivity contribution in [1.29, 1.82) is 0 Å². The maximum Gasteiger partial charge on any atom is 0.326 e. The van der Waals surface area contributed by atoms with E-state index in [1.807, 2.05) is 81.6 Å². The molecule has 0 radical (unpaired) electrons. The second-order valence-electron chi connectivity index (χ2n) is 8.92. The van der Waals surface area contributed by atoms with Crippen molar-refractivity contribution in [1.82, 2.24) is 25.3 Å².